The quantitative estimate of drug-likeness (QED) is 0.364. The molecule has 168 valence electrons. The van der Waals surface area contributed by atoms with Crippen LogP contribution >= 0.6 is 0 Å². The number of aliphatic hydroxyl groups excluding tert-OH is 1. The van der Waals surface area contributed by atoms with Gasteiger partial charge in [-0.15, -0.1) is 6.58 Å². The molecule has 1 atom stereocenters. The highest BCUT2D eigenvalue weighted by Crippen LogP contribution is 2.37. The summed E-state index contributed by atoms with van der Waals surface area (Å²) in [6.45, 7) is 11.9. The number of rotatable bonds is 2. The van der Waals surface area contributed by atoms with Gasteiger partial charge in [0, 0.05) is 22.1 Å². The van der Waals surface area contributed by atoms with Crippen LogP contribution < -0.4 is 5.56 Å². The molecule has 7 nitrogen and oxygen atoms in total. The number of fused-ring (bicyclic) bond motifs is 5. The molecule has 0 radical (unpaired) electrons. The number of nitrogens with zero attached hydrogens (tertiary/aromatic N) is 2. The summed E-state index contributed by atoms with van der Waals surface area (Å²) in [5.74, 6) is -0.581. The number of pyridine rings is 2. The Kier molecular flexibility index (Phi) is 6.79. The first-order chi connectivity index (χ1) is 15.5. The first-order valence-electron chi connectivity index (χ1n) is 10.9. The summed E-state index contributed by atoms with van der Waals surface area (Å²) < 4.78 is 6.48. The van der Waals surface area contributed by atoms with Crippen LogP contribution in [0, 0.1) is 0 Å². The second-order valence-electron chi connectivity index (χ2n) is 6.98. The lowest BCUT2D eigenvalue weighted by Gasteiger charge is -2.21. The lowest BCUT2D eigenvalue weighted by atomic mass is 9.99. The van der Waals surface area contributed by atoms with E-state index < -0.39 is 12.1 Å². The number of carbonyl (C=O) groups is 1. The zero-order valence-corrected chi connectivity index (χ0v) is 18.8. The van der Waals surface area contributed by atoms with Gasteiger partial charge in [0.25, 0.3) is 5.56 Å². The number of cyclic esters (lactones) is 1. The molecule has 2 aliphatic heterocycles. The minimum atomic E-state index is -1.47. The van der Waals surface area contributed by atoms with Gasteiger partial charge >= 0.3 is 5.97 Å². The van der Waals surface area contributed by atoms with Crippen LogP contribution in [0.4, 0.5) is 0 Å². The molecule has 2 aliphatic rings. The minimum Gasteiger partial charge on any atom is -0.508 e. The lowest BCUT2D eigenvalue weighted by molar-refractivity contribution is -0.157. The number of aromatic hydroxyl groups is 1. The third-order valence-corrected chi connectivity index (χ3v) is 5.40. The molecular weight excluding hydrogens is 408 g/mol. The molecule has 0 saturated carbocycles. The number of phenolic OH excluding ortho intramolecular Hbond substituents is 1. The van der Waals surface area contributed by atoms with Crippen molar-refractivity contribution in [2.24, 2.45) is 0 Å². The molecule has 0 bridgehead atoms. The fourth-order valence-electron chi connectivity index (χ4n) is 4.01. The van der Waals surface area contributed by atoms with Gasteiger partial charge in [0.1, 0.15) is 12.4 Å². The van der Waals surface area contributed by atoms with Crippen molar-refractivity contribution < 1.29 is 19.7 Å². The number of aromatic nitrogens is 2. The fourth-order valence-corrected chi connectivity index (χ4v) is 4.01. The predicted octanol–water partition coefficient (Wildman–Crippen LogP) is 4.00. The van der Waals surface area contributed by atoms with Crippen LogP contribution in [-0.2, 0) is 29.1 Å². The van der Waals surface area contributed by atoms with Crippen LogP contribution in [0.2, 0.25) is 0 Å². The van der Waals surface area contributed by atoms with Gasteiger partial charge in [-0.1, -0.05) is 33.8 Å². The van der Waals surface area contributed by atoms with Crippen LogP contribution in [-0.4, -0.2) is 25.7 Å². The molecule has 1 aromatic carbocycles. The summed E-state index contributed by atoms with van der Waals surface area (Å²) >= 11 is 0. The number of carbonyl (C=O) groups excluding carboxylic acids is 1. The Labute approximate surface area is 186 Å². The molecule has 5 rings (SSSR count). The average Bonchev–Trinajstić information content (AvgIpc) is 3.18. The number of aliphatic hydroxyl groups is 1. The number of esters is 1. The van der Waals surface area contributed by atoms with Gasteiger partial charge in [-0.3, -0.25) is 4.79 Å². The molecular formula is C25H28N2O5. The fraction of sp³-hybridized carbons (Fsp3) is 0.320. The Hall–Kier alpha value is -3.45. The number of hydrogen-bond donors (Lipinski definition) is 2. The highest BCUT2D eigenvalue weighted by Gasteiger charge is 2.33. The van der Waals surface area contributed by atoms with E-state index in [1.165, 1.54) is 0 Å². The van der Waals surface area contributed by atoms with Crippen LogP contribution in [0.3, 0.4) is 0 Å². The SMILES string of the molecule is C=CCc1c(O)ccc2nc3c(cc12)Cn1c-3cc2c(c1=O)COC(=O)C2O.CC.CC. The molecule has 0 saturated heterocycles. The second-order valence-corrected chi connectivity index (χ2v) is 6.98. The standard InChI is InChI=1S/C21H16N2O5.2C2H6/c1-2-3-11-12-6-10-8-23-16(18(10)22-15(12)4-5-17(11)24)7-13-14(20(23)26)9-28-21(27)19(13)25;2*1-2/h2,4-7,19,24-25H,1,3,8-9H2;2*1-2H3. The van der Waals surface area contributed by atoms with E-state index >= 15 is 0 Å². The van der Waals surface area contributed by atoms with Gasteiger partial charge in [-0.25, -0.2) is 9.78 Å². The first kappa shape index (κ1) is 23.2. The van der Waals surface area contributed by atoms with E-state index in [-0.39, 0.29) is 23.5 Å². The Bertz CT molecular complexity index is 1260. The Morgan fingerprint density at radius 3 is 2.62 bits per heavy atom. The van der Waals surface area contributed by atoms with Crippen molar-refractivity contribution in [3.8, 4) is 17.1 Å². The number of hydrogen-bond acceptors (Lipinski definition) is 6. The highest BCUT2D eigenvalue weighted by atomic mass is 16.5. The van der Waals surface area contributed by atoms with Gasteiger partial charge < -0.3 is 19.5 Å². The van der Waals surface area contributed by atoms with Gasteiger partial charge in [0.15, 0.2) is 6.10 Å². The van der Waals surface area contributed by atoms with Crippen molar-refractivity contribution in [1.82, 2.24) is 9.55 Å². The van der Waals surface area contributed by atoms with E-state index in [9.17, 15) is 19.8 Å². The molecule has 2 N–H and O–H groups in total. The van der Waals surface area contributed by atoms with E-state index in [4.69, 9.17) is 9.72 Å². The van der Waals surface area contributed by atoms with Crippen molar-refractivity contribution >= 4 is 16.9 Å². The first-order valence-corrected chi connectivity index (χ1v) is 10.9. The molecule has 0 spiro atoms. The smallest absolute Gasteiger partial charge is 0.340 e. The minimum absolute atomic E-state index is 0.145. The van der Waals surface area contributed by atoms with E-state index in [1.807, 2.05) is 33.8 Å². The molecule has 7 heteroatoms. The molecule has 0 amide bonds. The summed E-state index contributed by atoms with van der Waals surface area (Å²) in [5, 5.41) is 21.2. The zero-order valence-electron chi connectivity index (χ0n) is 18.8. The summed E-state index contributed by atoms with van der Waals surface area (Å²) in [6.07, 6.45) is 0.743. The summed E-state index contributed by atoms with van der Waals surface area (Å²) in [4.78, 5) is 29.3. The van der Waals surface area contributed by atoms with Gasteiger partial charge in [0.2, 0.25) is 0 Å². The maximum atomic E-state index is 12.9. The Morgan fingerprint density at radius 2 is 1.94 bits per heavy atom. The molecule has 0 fully saturated rings. The molecule has 1 unspecified atom stereocenters. The van der Waals surface area contributed by atoms with E-state index in [2.05, 4.69) is 6.58 Å². The lowest BCUT2D eigenvalue weighted by Crippen LogP contribution is -2.32. The van der Waals surface area contributed by atoms with Gasteiger partial charge in [0.05, 0.1) is 29.0 Å². The largest absolute Gasteiger partial charge is 0.508 e. The van der Waals surface area contributed by atoms with Crippen molar-refractivity contribution in [3.63, 3.8) is 0 Å². The van der Waals surface area contributed by atoms with Crippen molar-refractivity contribution in [2.45, 2.75) is 53.4 Å². The third-order valence-electron chi connectivity index (χ3n) is 5.40. The molecule has 4 heterocycles. The number of phenols is 1. The van der Waals surface area contributed by atoms with Crippen LogP contribution in [0.25, 0.3) is 22.3 Å². The van der Waals surface area contributed by atoms with Crippen molar-refractivity contribution in [1.29, 1.82) is 0 Å². The molecule has 0 aliphatic carbocycles. The second kappa shape index (κ2) is 9.36. The maximum absolute atomic E-state index is 12.9. The maximum Gasteiger partial charge on any atom is 0.340 e. The number of allylic oxidation sites excluding steroid dienone is 1. The Balaban J connectivity index is 0.000000686. The normalized spacial score (nSPS) is 15.3. The highest BCUT2D eigenvalue weighted by molar-refractivity contribution is 5.89. The monoisotopic (exact) mass is 436 g/mol. The topological polar surface area (TPSA) is 102 Å². The Morgan fingerprint density at radius 1 is 1.22 bits per heavy atom. The average molecular weight is 437 g/mol. The van der Waals surface area contributed by atoms with Crippen LogP contribution in [0.15, 0.2) is 41.7 Å². The summed E-state index contributed by atoms with van der Waals surface area (Å²) in [5.41, 5.74) is 3.73. The van der Waals surface area contributed by atoms with Gasteiger partial charge in [-0.05, 0) is 30.7 Å². The number of ether oxygens (including phenoxy) is 1. The van der Waals surface area contributed by atoms with Crippen LogP contribution in [0.1, 0.15) is 56.1 Å². The number of benzene rings is 1. The molecule has 3 aromatic rings. The third kappa shape index (κ3) is 3.58. The van der Waals surface area contributed by atoms with Crippen molar-refractivity contribution in [2.75, 3.05) is 0 Å². The predicted molar refractivity (Wildman–Crippen MR) is 124 cm³/mol. The van der Waals surface area contributed by atoms with E-state index in [0.29, 0.717) is 35.4 Å². The summed E-state index contributed by atoms with van der Waals surface area (Å²) in [7, 11) is 0. The molecule has 2 aromatic heterocycles. The van der Waals surface area contributed by atoms with Crippen molar-refractivity contribution in [3.05, 3.63) is 69.5 Å². The molecule has 32 heavy (non-hydrogen) atoms. The summed E-state index contributed by atoms with van der Waals surface area (Å²) in [6, 6.07) is 6.90. The van der Waals surface area contributed by atoms with Crippen LogP contribution in [0.5, 0.6) is 5.75 Å². The van der Waals surface area contributed by atoms with E-state index in [0.717, 1.165) is 16.5 Å². The zero-order chi connectivity index (χ0) is 23.6. The van der Waals surface area contributed by atoms with E-state index in [1.54, 1.807) is 28.8 Å². The van der Waals surface area contributed by atoms with Gasteiger partial charge in [-0.2, -0.15) is 0 Å².